The first kappa shape index (κ1) is 12.3. The maximum Gasteiger partial charge on any atom is 0.263 e. The molecule has 0 aliphatic carbocycles. The smallest absolute Gasteiger partial charge is 0.263 e. The van der Waals surface area contributed by atoms with Crippen molar-refractivity contribution in [3.63, 3.8) is 0 Å². The van der Waals surface area contributed by atoms with Crippen molar-refractivity contribution in [2.75, 3.05) is 10.5 Å². The number of pyridine rings is 1. The number of anilines is 2. The number of rotatable bonds is 3. The van der Waals surface area contributed by atoms with E-state index in [2.05, 4.69) is 9.71 Å². The summed E-state index contributed by atoms with van der Waals surface area (Å²) in [6, 6.07) is 6.33. The van der Waals surface area contributed by atoms with Crippen LogP contribution in [0.15, 0.2) is 47.6 Å². The summed E-state index contributed by atoms with van der Waals surface area (Å²) in [5.74, 6) is -0.531. The van der Waals surface area contributed by atoms with Gasteiger partial charge in [-0.15, -0.1) is 0 Å². The van der Waals surface area contributed by atoms with E-state index in [-0.39, 0.29) is 16.3 Å². The Labute approximate surface area is 104 Å². The van der Waals surface area contributed by atoms with Crippen LogP contribution in [-0.4, -0.2) is 13.4 Å². The highest BCUT2D eigenvalue weighted by molar-refractivity contribution is 7.92. The summed E-state index contributed by atoms with van der Waals surface area (Å²) < 4.78 is 39.0. The molecule has 0 aliphatic heterocycles. The molecule has 2 rings (SSSR count). The lowest BCUT2D eigenvalue weighted by Gasteiger charge is -2.09. The Morgan fingerprint density at radius 3 is 2.67 bits per heavy atom. The van der Waals surface area contributed by atoms with Gasteiger partial charge in [0.15, 0.2) is 0 Å². The summed E-state index contributed by atoms with van der Waals surface area (Å²) in [5.41, 5.74) is 5.67. The Hall–Kier alpha value is -2.15. The fourth-order valence-corrected chi connectivity index (χ4v) is 2.39. The van der Waals surface area contributed by atoms with Gasteiger partial charge in [-0.25, -0.2) is 12.8 Å². The van der Waals surface area contributed by atoms with Gasteiger partial charge in [-0.2, -0.15) is 0 Å². The quantitative estimate of drug-likeness (QED) is 0.827. The van der Waals surface area contributed by atoms with Crippen molar-refractivity contribution in [2.45, 2.75) is 4.90 Å². The van der Waals surface area contributed by atoms with E-state index in [1.807, 2.05) is 0 Å². The van der Waals surface area contributed by atoms with E-state index in [9.17, 15) is 12.8 Å². The number of aromatic nitrogens is 1. The summed E-state index contributed by atoms with van der Waals surface area (Å²) in [6.45, 7) is 0. The third-order valence-corrected chi connectivity index (χ3v) is 3.55. The second-order valence-electron chi connectivity index (χ2n) is 3.53. The molecule has 0 atom stereocenters. The summed E-state index contributed by atoms with van der Waals surface area (Å²) in [7, 11) is -3.76. The van der Waals surface area contributed by atoms with Gasteiger partial charge in [0, 0.05) is 12.4 Å². The molecule has 0 spiro atoms. The molecule has 7 heteroatoms. The molecule has 2 aromatic rings. The zero-order valence-corrected chi connectivity index (χ0v) is 9.99. The lowest BCUT2D eigenvalue weighted by Crippen LogP contribution is -2.14. The zero-order valence-electron chi connectivity index (χ0n) is 9.17. The van der Waals surface area contributed by atoms with Crippen LogP contribution in [0.5, 0.6) is 0 Å². The molecule has 3 N–H and O–H groups in total. The molecule has 0 fully saturated rings. The maximum atomic E-state index is 12.8. The first-order chi connectivity index (χ1) is 8.49. The molecule has 0 radical (unpaired) electrons. The normalized spacial score (nSPS) is 11.2. The Kier molecular flexibility index (Phi) is 3.15. The lowest BCUT2D eigenvalue weighted by molar-refractivity contribution is 0.600. The van der Waals surface area contributed by atoms with Crippen molar-refractivity contribution in [3.8, 4) is 0 Å². The van der Waals surface area contributed by atoms with E-state index in [4.69, 9.17) is 5.73 Å². The zero-order chi connectivity index (χ0) is 13.2. The summed E-state index contributed by atoms with van der Waals surface area (Å²) in [5, 5.41) is 0. The van der Waals surface area contributed by atoms with Gasteiger partial charge < -0.3 is 5.73 Å². The van der Waals surface area contributed by atoms with Crippen LogP contribution in [0.3, 0.4) is 0 Å². The topological polar surface area (TPSA) is 85.1 Å². The molecule has 0 amide bonds. The second-order valence-corrected chi connectivity index (χ2v) is 5.21. The first-order valence-corrected chi connectivity index (χ1v) is 6.45. The molecule has 18 heavy (non-hydrogen) atoms. The SMILES string of the molecule is Nc1cc(F)ccc1NS(=O)(=O)c1cccnc1. The fourth-order valence-electron chi connectivity index (χ4n) is 1.34. The van der Waals surface area contributed by atoms with Gasteiger partial charge in [0.1, 0.15) is 10.7 Å². The molecule has 1 aromatic carbocycles. The minimum absolute atomic E-state index is 0.00808. The molecule has 5 nitrogen and oxygen atoms in total. The van der Waals surface area contributed by atoms with Crippen LogP contribution in [0.4, 0.5) is 15.8 Å². The molecule has 0 unspecified atom stereocenters. The molecule has 94 valence electrons. The number of nitrogens with zero attached hydrogens (tertiary/aromatic N) is 1. The minimum Gasteiger partial charge on any atom is -0.397 e. The largest absolute Gasteiger partial charge is 0.397 e. The van der Waals surface area contributed by atoms with Crippen molar-refractivity contribution in [1.82, 2.24) is 4.98 Å². The number of hydrogen-bond donors (Lipinski definition) is 2. The van der Waals surface area contributed by atoms with Crippen LogP contribution in [-0.2, 0) is 10.0 Å². The van der Waals surface area contributed by atoms with Crippen LogP contribution in [0.25, 0.3) is 0 Å². The highest BCUT2D eigenvalue weighted by atomic mass is 32.2. The highest BCUT2D eigenvalue weighted by Crippen LogP contribution is 2.22. The van der Waals surface area contributed by atoms with E-state index in [0.717, 1.165) is 12.1 Å². The summed E-state index contributed by atoms with van der Waals surface area (Å²) >= 11 is 0. The second kappa shape index (κ2) is 4.61. The average molecular weight is 267 g/mol. The Balaban J connectivity index is 2.34. The number of nitrogen functional groups attached to an aromatic ring is 1. The summed E-state index contributed by atoms with van der Waals surface area (Å²) in [4.78, 5) is 3.73. The summed E-state index contributed by atoms with van der Waals surface area (Å²) in [6.07, 6.45) is 2.67. The van der Waals surface area contributed by atoms with Gasteiger partial charge in [0.05, 0.1) is 11.4 Å². The predicted octanol–water partition coefficient (Wildman–Crippen LogP) is 1.60. The molecular formula is C11H10FN3O2S. The van der Waals surface area contributed by atoms with E-state index < -0.39 is 15.8 Å². The number of nitrogens with one attached hydrogen (secondary N) is 1. The maximum absolute atomic E-state index is 12.8. The van der Waals surface area contributed by atoms with E-state index in [1.54, 1.807) is 0 Å². The highest BCUT2D eigenvalue weighted by Gasteiger charge is 2.15. The van der Waals surface area contributed by atoms with Gasteiger partial charge in [-0.3, -0.25) is 9.71 Å². The van der Waals surface area contributed by atoms with Crippen molar-refractivity contribution in [2.24, 2.45) is 0 Å². The monoisotopic (exact) mass is 267 g/mol. The number of nitrogens with two attached hydrogens (primary N) is 1. The van der Waals surface area contributed by atoms with Crippen LogP contribution < -0.4 is 10.5 Å². The van der Waals surface area contributed by atoms with Crippen LogP contribution >= 0.6 is 0 Å². The van der Waals surface area contributed by atoms with Crippen molar-refractivity contribution < 1.29 is 12.8 Å². The molecule has 1 heterocycles. The van der Waals surface area contributed by atoms with Crippen molar-refractivity contribution >= 4 is 21.4 Å². The molecule has 0 saturated carbocycles. The average Bonchev–Trinajstić information content (AvgIpc) is 2.34. The predicted molar refractivity (Wildman–Crippen MR) is 65.9 cm³/mol. The van der Waals surface area contributed by atoms with E-state index in [0.29, 0.717) is 0 Å². The Morgan fingerprint density at radius 1 is 1.28 bits per heavy atom. The molecule has 0 aliphatic rings. The molecular weight excluding hydrogens is 257 g/mol. The number of hydrogen-bond acceptors (Lipinski definition) is 4. The van der Waals surface area contributed by atoms with Crippen LogP contribution in [0, 0.1) is 5.82 Å². The number of benzene rings is 1. The van der Waals surface area contributed by atoms with Gasteiger partial charge in [-0.05, 0) is 30.3 Å². The molecule has 0 bridgehead atoms. The van der Waals surface area contributed by atoms with Crippen molar-refractivity contribution in [3.05, 3.63) is 48.5 Å². The first-order valence-electron chi connectivity index (χ1n) is 4.97. The molecule has 0 saturated heterocycles. The van der Waals surface area contributed by atoms with Gasteiger partial charge in [-0.1, -0.05) is 0 Å². The fraction of sp³-hybridized carbons (Fsp3) is 0. The van der Waals surface area contributed by atoms with Gasteiger partial charge in [0.2, 0.25) is 0 Å². The van der Waals surface area contributed by atoms with Gasteiger partial charge >= 0.3 is 0 Å². The minimum atomic E-state index is -3.76. The van der Waals surface area contributed by atoms with E-state index in [1.165, 1.54) is 30.6 Å². The lowest BCUT2D eigenvalue weighted by atomic mass is 10.3. The molecule has 1 aromatic heterocycles. The van der Waals surface area contributed by atoms with Crippen molar-refractivity contribution in [1.29, 1.82) is 0 Å². The van der Waals surface area contributed by atoms with Crippen LogP contribution in [0.2, 0.25) is 0 Å². The standard InChI is InChI=1S/C11H10FN3O2S/c12-8-3-4-11(10(13)6-8)15-18(16,17)9-2-1-5-14-7-9/h1-7,15H,13H2. The Bertz CT molecular complexity index is 659. The Morgan fingerprint density at radius 2 is 2.06 bits per heavy atom. The third kappa shape index (κ3) is 2.57. The van der Waals surface area contributed by atoms with E-state index >= 15 is 0 Å². The number of sulfonamides is 1. The third-order valence-electron chi connectivity index (χ3n) is 2.20. The number of halogens is 1. The van der Waals surface area contributed by atoms with Gasteiger partial charge in [0.25, 0.3) is 10.0 Å². The van der Waals surface area contributed by atoms with Crippen LogP contribution in [0.1, 0.15) is 0 Å².